The van der Waals surface area contributed by atoms with Crippen LogP contribution >= 0.6 is 0 Å². The third-order valence-corrected chi connectivity index (χ3v) is 2.76. The van der Waals surface area contributed by atoms with Crippen LogP contribution in [0.25, 0.3) is 0 Å². The summed E-state index contributed by atoms with van der Waals surface area (Å²) in [5.74, 6) is 0. The maximum atomic E-state index is 5.47. The van der Waals surface area contributed by atoms with Crippen molar-refractivity contribution in [3.05, 3.63) is 0 Å². The van der Waals surface area contributed by atoms with Crippen molar-refractivity contribution >= 4 is 0 Å². The van der Waals surface area contributed by atoms with E-state index in [0.717, 1.165) is 17.8 Å². The van der Waals surface area contributed by atoms with Crippen molar-refractivity contribution in [3.63, 3.8) is 0 Å². The Balaban J connectivity index is 3.32. The van der Waals surface area contributed by atoms with Crippen LogP contribution in [0.3, 0.4) is 0 Å². The SMILES string of the molecule is CCCCCCCC[N+](C)(C)COCC. The summed E-state index contributed by atoms with van der Waals surface area (Å²) in [5, 5.41) is 0. The van der Waals surface area contributed by atoms with Gasteiger partial charge in [0.2, 0.25) is 0 Å². The number of unbranched alkanes of at least 4 members (excludes halogenated alkanes) is 5. The lowest BCUT2D eigenvalue weighted by molar-refractivity contribution is -0.909. The van der Waals surface area contributed by atoms with E-state index in [2.05, 4.69) is 27.9 Å². The van der Waals surface area contributed by atoms with Gasteiger partial charge in [0.25, 0.3) is 0 Å². The van der Waals surface area contributed by atoms with E-state index in [9.17, 15) is 0 Å². The van der Waals surface area contributed by atoms with E-state index in [1.165, 1.54) is 45.1 Å². The average Bonchev–Trinajstić information content (AvgIpc) is 2.20. The maximum Gasteiger partial charge on any atom is 0.182 e. The molecule has 0 aliphatic heterocycles. The first-order valence-electron chi connectivity index (χ1n) is 6.52. The van der Waals surface area contributed by atoms with Crippen LogP contribution in [-0.4, -0.2) is 38.5 Å². The number of ether oxygens (including phenoxy) is 1. The van der Waals surface area contributed by atoms with Crippen LogP contribution in [0.5, 0.6) is 0 Å². The highest BCUT2D eigenvalue weighted by atomic mass is 16.5. The zero-order chi connectivity index (χ0) is 11.6. The highest BCUT2D eigenvalue weighted by molar-refractivity contribution is 4.43. The third-order valence-electron chi connectivity index (χ3n) is 2.76. The van der Waals surface area contributed by atoms with Crippen LogP contribution in [0, 0.1) is 0 Å². The molecule has 0 aliphatic carbocycles. The summed E-state index contributed by atoms with van der Waals surface area (Å²) in [4.78, 5) is 0. The standard InChI is InChI=1S/C13H30NO/c1-5-7-8-9-10-11-12-14(3,4)13-15-6-2/h5-13H2,1-4H3/q+1. The topological polar surface area (TPSA) is 9.23 Å². The number of hydrogen-bond acceptors (Lipinski definition) is 1. The molecule has 0 amide bonds. The van der Waals surface area contributed by atoms with E-state index < -0.39 is 0 Å². The van der Waals surface area contributed by atoms with Gasteiger partial charge in [0.05, 0.1) is 20.6 Å². The molecular formula is C13H30NO+. The van der Waals surface area contributed by atoms with Gasteiger partial charge in [-0.05, 0) is 19.8 Å². The van der Waals surface area contributed by atoms with Crippen molar-refractivity contribution in [2.24, 2.45) is 0 Å². The Labute approximate surface area is 96.2 Å². The molecule has 15 heavy (non-hydrogen) atoms. The Morgan fingerprint density at radius 2 is 1.47 bits per heavy atom. The minimum Gasteiger partial charge on any atom is -0.332 e. The molecule has 0 bridgehead atoms. The van der Waals surface area contributed by atoms with Gasteiger partial charge in [-0.25, -0.2) is 0 Å². The van der Waals surface area contributed by atoms with Gasteiger partial charge < -0.3 is 9.22 Å². The van der Waals surface area contributed by atoms with E-state index in [4.69, 9.17) is 4.74 Å². The molecule has 0 rings (SSSR count). The zero-order valence-electron chi connectivity index (χ0n) is 11.2. The maximum absolute atomic E-state index is 5.47. The molecule has 2 heteroatoms. The first kappa shape index (κ1) is 14.9. The molecule has 0 saturated heterocycles. The van der Waals surface area contributed by atoms with Crippen LogP contribution in [0.2, 0.25) is 0 Å². The second kappa shape index (κ2) is 9.17. The minimum absolute atomic E-state index is 0.832. The molecule has 2 nitrogen and oxygen atoms in total. The molecule has 0 aromatic rings. The number of quaternary nitrogens is 1. The second-order valence-electron chi connectivity index (χ2n) is 5.05. The summed E-state index contributed by atoms with van der Waals surface area (Å²) in [6, 6.07) is 0. The van der Waals surface area contributed by atoms with Gasteiger partial charge in [0.15, 0.2) is 6.73 Å². The molecule has 0 fully saturated rings. The fraction of sp³-hybridized carbons (Fsp3) is 1.00. The lowest BCUT2D eigenvalue weighted by Crippen LogP contribution is -2.42. The van der Waals surface area contributed by atoms with Crippen LogP contribution < -0.4 is 0 Å². The number of nitrogens with zero attached hydrogens (tertiary/aromatic N) is 1. The van der Waals surface area contributed by atoms with Gasteiger partial charge in [-0.1, -0.05) is 32.6 Å². The molecule has 0 spiro atoms. The zero-order valence-corrected chi connectivity index (χ0v) is 11.2. The lowest BCUT2D eigenvalue weighted by Gasteiger charge is -2.29. The Bertz CT molecular complexity index is 134. The molecule has 0 aromatic heterocycles. The van der Waals surface area contributed by atoms with E-state index >= 15 is 0 Å². The van der Waals surface area contributed by atoms with Crippen molar-refractivity contribution in [2.75, 3.05) is 34.0 Å². The van der Waals surface area contributed by atoms with Gasteiger partial charge in [0, 0.05) is 6.61 Å². The molecule has 0 radical (unpaired) electrons. The van der Waals surface area contributed by atoms with Crippen molar-refractivity contribution in [1.29, 1.82) is 0 Å². The van der Waals surface area contributed by atoms with Gasteiger partial charge in [-0.15, -0.1) is 0 Å². The fourth-order valence-corrected chi connectivity index (χ4v) is 1.72. The van der Waals surface area contributed by atoms with Crippen molar-refractivity contribution in [2.45, 2.75) is 52.4 Å². The molecule has 0 unspecified atom stereocenters. The van der Waals surface area contributed by atoms with E-state index in [-0.39, 0.29) is 0 Å². The summed E-state index contributed by atoms with van der Waals surface area (Å²) in [6.07, 6.45) is 8.28. The van der Waals surface area contributed by atoms with Crippen molar-refractivity contribution < 1.29 is 9.22 Å². The summed E-state index contributed by atoms with van der Waals surface area (Å²) >= 11 is 0. The number of hydrogen-bond donors (Lipinski definition) is 0. The summed E-state index contributed by atoms with van der Waals surface area (Å²) < 4.78 is 6.47. The molecule has 0 heterocycles. The van der Waals surface area contributed by atoms with Gasteiger partial charge in [-0.3, -0.25) is 0 Å². The first-order chi connectivity index (χ1) is 7.12. The van der Waals surface area contributed by atoms with Crippen molar-refractivity contribution in [1.82, 2.24) is 0 Å². The highest BCUT2D eigenvalue weighted by Gasteiger charge is 2.13. The largest absolute Gasteiger partial charge is 0.332 e. The molecule has 0 aromatic carbocycles. The molecule has 92 valence electrons. The summed E-state index contributed by atoms with van der Waals surface area (Å²) in [6.45, 7) is 7.25. The molecule has 0 N–H and O–H groups in total. The quantitative estimate of drug-likeness (QED) is 0.309. The van der Waals surface area contributed by atoms with Crippen LogP contribution in [0.1, 0.15) is 52.4 Å². The summed E-state index contributed by atoms with van der Waals surface area (Å²) in [5.41, 5.74) is 0. The Hall–Kier alpha value is -0.0800. The number of rotatable bonds is 10. The van der Waals surface area contributed by atoms with Gasteiger partial charge >= 0.3 is 0 Å². The van der Waals surface area contributed by atoms with Crippen LogP contribution in [-0.2, 0) is 4.74 Å². The van der Waals surface area contributed by atoms with E-state index in [1.807, 2.05) is 0 Å². The monoisotopic (exact) mass is 216 g/mol. The van der Waals surface area contributed by atoms with Crippen LogP contribution in [0.15, 0.2) is 0 Å². The molecule has 0 atom stereocenters. The predicted molar refractivity (Wildman–Crippen MR) is 66.8 cm³/mol. The normalized spacial score (nSPS) is 12.0. The third kappa shape index (κ3) is 10.2. The average molecular weight is 216 g/mol. The smallest absolute Gasteiger partial charge is 0.182 e. The van der Waals surface area contributed by atoms with E-state index in [0.29, 0.717) is 0 Å². The minimum atomic E-state index is 0.832. The van der Waals surface area contributed by atoms with Crippen LogP contribution in [0.4, 0.5) is 0 Å². The fourth-order valence-electron chi connectivity index (χ4n) is 1.72. The molecule has 0 aliphatic rings. The van der Waals surface area contributed by atoms with E-state index in [1.54, 1.807) is 0 Å². The first-order valence-corrected chi connectivity index (χ1v) is 6.52. The Morgan fingerprint density at radius 1 is 0.867 bits per heavy atom. The molecule has 0 saturated carbocycles. The molecular weight excluding hydrogens is 186 g/mol. The van der Waals surface area contributed by atoms with Gasteiger partial charge in [-0.2, -0.15) is 0 Å². The van der Waals surface area contributed by atoms with Gasteiger partial charge in [0.1, 0.15) is 0 Å². The lowest BCUT2D eigenvalue weighted by atomic mass is 10.1. The summed E-state index contributed by atoms with van der Waals surface area (Å²) in [7, 11) is 4.50. The van der Waals surface area contributed by atoms with Crippen molar-refractivity contribution in [3.8, 4) is 0 Å². The Morgan fingerprint density at radius 3 is 2.07 bits per heavy atom. The second-order valence-corrected chi connectivity index (χ2v) is 5.05. The highest BCUT2D eigenvalue weighted by Crippen LogP contribution is 2.08. The predicted octanol–water partition coefficient (Wildman–Crippen LogP) is 3.42. The Kier molecular flexibility index (Phi) is 9.12.